The predicted molar refractivity (Wildman–Crippen MR) is 237 cm³/mol. The zero-order valence-electron chi connectivity index (χ0n) is 33.7. The van der Waals surface area contributed by atoms with Crippen molar-refractivity contribution in [1.29, 1.82) is 0 Å². The number of aromatic nitrogens is 4. The van der Waals surface area contributed by atoms with Gasteiger partial charge in [0.1, 0.15) is 11.2 Å². The molecule has 0 atom stereocenters. The number of para-hydroxylation sites is 2. The molecule has 3 heterocycles. The molecule has 1 aliphatic carbocycles. The van der Waals surface area contributed by atoms with Crippen molar-refractivity contribution < 1.29 is 4.42 Å². The van der Waals surface area contributed by atoms with E-state index in [1.165, 1.54) is 11.1 Å². The van der Waals surface area contributed by atoms with Crippen molar-refractivity contribution in [2.24, 2.45) is 5.41 Å². The predicted octanol–water partition coefficient (Wildman–Crippen LogP) is 13.8. The van der Waals surface area contributed by atoms with Gasteiger partial charge in [-0.1, -0.05) is 163 Å². The Kier molecular flexibility index (Phi) is 8.10. The highest BCUT2D eigenvalue weighted by Crippen LogP contribution is 2.62. The van der Waals surface area contributed by atoms with Crippen molar-refractivity contribution in [3.8, 4) is 67.8 Å². The molecule has 0 fully saturated rings. The molecule has 0 unspecified atom stereocenters. The van der Waals surface area contributed by atoms with Crippen LogP contribution in [-0.2, 0) is 10.8 Å². The smallest absolute Gasteiger partial charge is 0.161 e. The van der Waals surface area contributed by atoms with Gasteiger partial charge in [0.05, 0.1) is 22.8 Å². The van der Waals surface area contributed by atoms with Gasteiger partial charge in [-0.2, -0.15) is 0 Å². The van der Waals surface area contributed by atoms with Crippen LogP contribution in [0.3, 0.4) is 0 Å². The lowest BCUT2D eigenvalue weighted by molar-refractivity contribution is 0.125. The van der Waals surface area contributed by atoms with Crippen molar-refractivity contribution >= 4 is 21.9 Å². The average molecular weight is 753 g/mol. The van der Waals surface area contributed by atoms with Gasteiger partial charge in [-0.15, -0.1) is 0 Å². The summed E-state index contributed by atoms with van der Waals surface area (Å²) < 4.78 is 6.59. The zero-order chi connectivity index (χ0) is 39.8. The highest BCUT2D eigenvalue weighted by Gasteiger charge is 2.57. The van der Waals surface area contributed by atoms with Crippen molar-refractivity contribution in [1.82, 2.24) is 19.9 Å². The van der Waals surface area contributed by atoms with Crippen LogP contribution in [0.25, 0.3) is 89.7 Å². The molecule has 0 saturated heterocycles. The lowest BCUT2D eigenvalue weighted by Gasteiger charge is -2.44. The minimum Gasteiger partial charge on any atom is -0.455 e. The molecular weight excluding hydrogens is 709 g/mol. The van der Waals surface area contributed by atoms with E-state index in [9.17, 15) is 0 Å². The summed E-state index contributed by atoms with van der Waals surface area (Å²) in [7, 11) is 0. The van der Waals surface area contributed by atoms with Crippen LogP contribution in [0.2, 0.25) is 0 Å². The van der Waals surface area contributed by atoms with E-state index in [0.717, 1.165) is 78.1 Å². The van der Waals surface area contributed by atoms with Crippen LogP contribution < -0.4 is 0 Å². The van der Waals surface area contributed by atoms with E-state index in [2.05, 4.69) is 169 Å². The van der Waals surface area contributed by atoms with Crippen molar-refractivity contribution in [2.75, 3.05) is 0 Å². The second kappa shape index (κ2) is 13.2. The monoisotopic (exact) mass is 752 g/mol. The van der Waals surface area contributed by atoms with E-state index >= 15 is 0 Å². The maximum atomic E-state index is 6.59. The minimum absolute atomic E-state index is 0.0744. The highest BCUT2D eigenvalue weighted by atomic mass is 16.3. The molecule has 1 aliphatic rings. The van der Waals surface area contributed by atoms with Crippen LogP contribution in [0.5, 0.6) is 0 Å². The molecule has 0 amide bonds. The molecule has 9 aromatic rings. The summed E-state index contributed by atoms with van der Waals surface area (Å²) in [6.07, 6.45) is 0. The molecule has 0 N–H and O–H groups in total. The van der Waals surface area contributed by atoms with Crippen LogP contribution >= 0.6 is 0 Å². The lowest BCUT2D eigenvalue weighted by Crippen LogP contribution is -2.42. The van der Waals surface area contributed by atoms with Crippen molar-refractivity contribution in [2.45, 2.75) is 52.4 Å². The summed E-state index contributed by atoms with van der Waals surface area (Å²) >= 11 is 0. The van der Waals surface area contributed by atoms with Gasteiger partial charge in [0.15, 0.2) is 11.6 Å². The third-order valence-corrected chi connectivity index (χ3v) is 13.5. The van der Waals surface area contributed by atoms with Gasteiger partial charge in [-0.25, -0.2) is 19.9 Å². The quantitative estimate of drug-likeness (QED) is 0.169. The van der Waals surface area contributed by atoms with Crippen LogP contribution in [0.1, 0.15) is 52.7 Å². The van der Waals surface area contributed by atoms with E-state index in [1.807, 2.05) is 30.3 Å². The summed E-state index contributed by atoms with van der Waals surface area (Å²) in [5.74, 6) is 1.24. The van der Waals surface area contributed by atoms with Crippen LogP contribution in [0.15, 0.2) is 162 Å². The Morgan fingerprint density at radius 3 is 1.29 bits per heavy atom. The number of hydrogen-bond acceptors (Lipinski definition) is 5. The van der Waals surface area contributed by atoms with Crippen molar-refractivity contribution in [3.63, 3.8) is 0 Å². The van der Waals surface area contributed by atoms with Gasteiger partial charge in [0.2, 0.25) is 0 Å². The van der Waals surface area contributed by atoms with Crippen LogP contribution in [0, 0.1) is 5.41 Å². The number of hydrogen-bond donors (Lipinski definition) is 0. The third-order valence-electron chi connectivity index (χ3n) is 13.5. The Morgan fingerprint density at radius 2 is 0.793 bits per heavy atom. The molecule has 282 valence electrons. The second-order valence-electron chi connectivity index (χ2n) is 17.1. The topological polar surface area (TPSA) is 64.7 Å². The molecule has 10 rings (SSSR count). The Morgan fingerprint density at radius 1 is 0.379 bits per heavy atom. The van der Waals surface area contributed by atoms with E-state index in [1.54, 1.807) is 0 Å². The minimum atomic E-state index is -0.166. The van der Waals surface area contributed by atoms with E-state index < -0.39 is 0 Å². The first-order valence-corrected chi connectivity index (χ1v) is 20.1. The fourth-order valence-corrected chi connectivity index (χ4v) is 8.95. The van der Waals surface area contributed by atoms with E-state index in [0.29, 0.717) is 11.6 Å². The largest absolute Gasteiger partial charge is 0.455 e. The lowest BCUT2D eigenvalue weighted by atomic mass is 9.59. The fraction of sp³-hybridized carbons (Fsp3) is 0.170. The second-order valence-corrected chi connectivity index (χ2v) is 17.1. The first-order valence-electron chi connectivity index (χ1n) is 20.1. The molecule has 6 aromatic carbocycles. The highest BCUT2D eigenvalue weighted by molar-refractivity contribution is 6.09. The van der Waals surface area contributed by atoms with Crippen LogP contribution in [0.4, 0.5) is 0 Å². The van der Waals surface area contributed by atoms with Gasteiger partial charge in [0, 0.05) is 44.2 Å². The van der Waals surface area contributed by atoms with Gasteiger partial charge >= 0.3 is 0 Å². The molecule has 5 nitrogen and oxygen atoms in total. The van der Waals surface area contributed by atoms with Crippen molar-refractivity contribution in [3.05, 3.63) is 169 Å². The van der Waals surface area contributed by atoms with Gasteiger partial charge in [-0.3, -0.25) is 0 Å². The Hall–Kier alpha value is -6.72. The number of furan rings is 1. The molecule has 0 radical (unpaired) electrons. The van der Waals surface area contributed by atoms with Crippen LogP contribution in [-0.4, -0.2) is 19.9 Å². The molecule has 0 saturated carbocycles. The molecule has 5 heteroatoms. The van der Waals surface area contributed by atoms with Gasteiger partial charge in [0.25, 0.3) is 0 Å². The first-order chi connectivity index (χ1) is 28.0. The zero-order valence-corrected chi connectivity index (χ0v) is 33.7. The number of benzene rings is 6. The molecule has 0 bridgehead atoms. The molecular formula is C53H44N4O. The molecule has 0 spiro atoms. The first kappa shape index (κ1) is 35.7. The maximum absolute atomic E-state index is 6.59. The number of nitrogens with zero attached hydrogens (tertiary/aromatic N) is 4. The SMILES string of the molecule is CC1(C)c2cc(-c3nc(-c4ccccc4)cc(-c4ccccc4)n3)c(-c3nc(-c4ccccc4)cc(-c4cccc5c4oc4ccccc45)n3)cc2C(C)(C)C1(C)C. The van der Waals surface area contributed by atoms with Gasteiger partial charge in [-0.05, 0) is 63.8 Å². The maximum Gasteiger partial charge on any atom is 0.161 e. The average Bonchev–Trinajstić information content (AvgIpc) is 3.69. The molecule has 3 aromatic heterocycles. The summed E-state index contributed by atoms with van der Waals surface area (Å²) in [4.78, 5) is 21.7. The Bertz CT molecular complexity index is 2960. The Balaban J connectivity index is 1.29. The summed E-state index contributed by atoms with van der Waals surface area (Å²) in [6.45, 7) is 14.3. The summed E-state index contributed by atoms with van der Waals surface area (Å²) in [6, 6.07) is 54.5. The molecule has 0 aliphatic heterocycles. The Labute approximate surface area is 339 Å². The molecule has 58 heavy (non-hydrogen) atoms. The fourth-order valence-electron chi connectivity index (χ4n) is 8.95. The summed E-state index contributed by atoms with van der Waals surface area (Å²) in [5.41, 5.74) is 12.9. The summed E-state index contributed by atoms with van der Waals surface area (Å²) in [5, 5.41) is 2.13. The number of fused-ring (bicyclic) bond motifs is 4. The standard InChI is InChI=1S/C53H44N4O/c1-51(2)41-29-39(49-54-43(33-19-10-7-11-20-33)31-44(55-49)34-21-12-8-13-22-34)40(30-42(41)52(3,4)53(51,5)6)50-56-45(35-23-14-9-15-24-35)32-46(57-50)38-27-18-26-37-36-25-16-17-28-47(36)58-48(37)38/h7-32H,1-6H3. The van der Waals surface area contributed by atoms with Gasteiger partial charge < -0.3 is 4.42 Å². The number of rotatable bonds is 6. The van der Waals surface area contributed by atoms with E-state index in [4.69, 9.17) is 24.4 Å². The van der Waals surface area contributed by atoms with E-state index in [-0.39, 0.29) is 16.2 Å². The third kappa shape index (κ3) is 5.52. The normalized spacial score (nSPS) is 15.1.